The van der Waals surface area contributed by atoms with Gasteiger partial charge in [0, 0.05) is 34.1 Å². The van der Waals surface area contributed by atoms with Gasteiger partial charge in [-0.1, -0.05) is 13.8 Å². The van der Waals surface area contributed by atoms with Crippen molar-refractivity contribution in [3.8, 4) is 11.3 Å². The van der Waals surface area contributed by atoms with E-state index in [1.165, 1.54) is 35.4 Å². The molecule has 4 nitrogen and oxygen atoms in total. The molecule has 4 rings (SSSR count). The lowest BCUT2D eigenvalue weighted by atomic mass is 9.93. The fourth-order valence-corrected chi connectivity index (χ4v) is 4.21. The van der Waals surface area contributed by atoms with Crippen LogP contribution in [0, 0.1) is 13.8 Å². The summed E-state index contributed by atoms with van der Waals surface area (Å²) in [5, 5.41) is 3.45. The number of pyridine rings is 2. The van der Waals surface area contributed by atoms with E-state index in [1.807, 2.05) is 0 Å². The van der Waals surface area contributed by atoms with E-state index >= 15 is 0 Å². The van der Waals surface area contributed by atoms with E-state index < -0.39 is 0 Å². The minimum atomic E-state index is 0.406. The maximum absolute atomic E-state index is 5.14. The van der Waals surface area contributed by atoms with Crippen molar-refractivity contribution in [2.75, 3.05) is 13.1 Å². The van der Waals surface area contributed by atoms with Gasteiger partial charge in [0.15, 0.2) is 0 Å². The number of H-pyrrole nitrogens is 1. The molecule has 136 valence electrons. The van der Waals surface area contributed by atoms with Gasteiger partial charge in [-0.05, 0) is 70.0 Å². The highest BCUT2D eigenvalue weighted by molar-refractivity contribution is 5.88. The van der Waals surface area contributed by atoms with Crippen LogP contribution in [0.3, 0.4) is 0 Å². The minimum Gasteiger partial charge on any atom is -0.353 e. The van der Waals surface area contributed by atoms with Crippen molar-refractivity contribution in [1.29, 1.82) is 0 Å². The summed E-state index contributed by atoms with van der Waals surface area (Å²) in [5.41, 5.74) is 9.34. The Morgan fingerprint density at radius 3 is 2.35 bits per heavy atom. The van der Waals surface area contributed by atoms with Crippen molar-refractivity contribution < 1.29 is 0 Å². The van der Waals surface area contributed by atoms with Crippen molar-refractivity contribution in [3.05, 3.63) is 46.9 Å². The first-order valence-electron chi connectivity index (χ1n) is 9.72. The zero-order valence-corrected chi connectivity index (χ0v) is 16.2. The first kappa shape index (κ1) is 17.2. The summed E-state index contributed by atoms with van der Waals surface area (Å²) in [4.78, 5) is 13.3. The van der Waals surface area contributed by atoms with Crippen molar-refractivity contribution >= 4 is 11.0 Å². The van der Waals surface area contributed by atoms with E-state index in [4.69, 9.17) is 4.98 Å². The van der Waals surface area contributed by atoms with Gasteiger partial charge in [-0.15, -0.1) is 0 Å². The molecule has 1 fully saturated rings. The first-order valence-corrected chi connectivity index (χ1v) is 9.72. The average Bonchev–Trinajstić information content (AvgIpc) is 3.00. The Hall–Kier alpha value is -2.20. The van der Waals surface area contributed by atoms with Crippen LogP contribution in [0.4, 0.5) is 0 Å². The fourth-order valence-electron chi connectivity index (χ4n) is 4.21. The molecule has 0 saturated carbocycles. The normalized spacial score (nSPS) is 15.9. The van der Waals surface area contributed by atoms with E-state index in [1.54, 1.807) is 0 Å². The van der Waals surface area contributed by atoms with Crippen LogP contribution < -0.4 is 5.32 Å². The second-order valence-electron chi connectivity index (χ2n) is 7.86. The highest BCUT2D eigenvalue weighted by Crippen LogP contribution is 2.36. The molecule has 4 heterocycles. The standard InChI is InChI=1S/C22H28N4/c1-13(2)20-21(17-11-14(3)24-15(4)12-17)26-19-6-5-18(25-22(19)20)16-7-9-23-10-8-16/h5-6,11-13,16,23,26H,7-10H2,1-4H3. The van der Waals surface area contributed by atoms with Gasteiger partial charge < -0.3 is 10.3 Å². The van der Waals surface area contributed by atoms with E-state index in [2.05, 4.69) is 67.2 Å². The van der Waals surface area contributed by atoms with Crippen molar-refractivity contribution in [2.24, 2.45) is 0 Å². The van der Waals surface area contributed by atoms with Gasteiger partial charge in [0.2, 0.25) is 0 Å². The molecule has 0 amide bonds. The van der Waals surface area contributed by atoms with Crippen molar-refractivity contribution in [2.45, 2.75) is 52.4 Å². The average molecular weight is 348 g/mol. The van der Waals surface area contributed by atoms with E-state index in [9.17, 15) is 0 Å². The summed E-state index contributed by atoms with van der Waals surface area (Å²) >= 11 is 0. The first-order chi connectivity index (χ1) is 12.5. The predicted octanol–water partition coefficient (Wildman–Crippen LogP) is 4.83. The lowest BCUT2D eigenvalue weighted by Crippen LogP contribution is -2.27. The minimum absolute atomic E-state index is 0.406. The summed E-state index contributed by atoms with van der Waals surface area (Å²) in [6.07, 6.45) is 2.35. The van der Waals surface area contributed by atoms with E-state index in [-0.39, 0.29) is 0 Å². The number of hydrogen-bond donors (Lipinski definition) is 2. The van der Waals surface area contributed by atoms with Gasteiger partial charge in [-0.2, -0.15) is 0 Å². The molecule has 26 heavy (non-hydrogen) atoms. The predicted molar refractivity (Wildman–Crippen MR) is 108 cm³/mol. The lowest BCUT2D eigenvalue weighted by molar-refractivity contribution is 0.454. The highest BCUT2D eigenvalue weighted by atomic mass is 14.9. The molecule has 0 aromatic carbocycles. The summed E-state index contributed by atoms with van der Waals surface area (Å²) < 4.78 is 0. The summed E-state index contributed by atoms with van der Waals surface area (Å²) in [5.74, 6) is 0.979. The Bertz CT molecular complexity index is 912. The smallest absolute Gasteiger partial charge is 0.0923 e. The number of aromatic amines is 1. The van der Waals surface area contributed by atoms with Crippen LogP contribution in [0.1, 0.15) is 61.2 Å². The zero-order valence-electron chi connectivity index (χ0n) is 16.2. The molecule has 2 N–H and O–H groups in total. The molecule has 1 aliphatic heterocycles. The number of rotatable bonds is 3. The Kier molecular flexibility index (Phi) is 4.53. The quantitative estimate of drug-likeness (QED) is 0.712. The van der Waals surface area contributed by atoms with Gasteiger partial charge >= 0.3 is 0 Å². The molecule has 0 bridgehead atoms. The third-order valence-corrected chi connectivity index (χ3v) is 5.41. The molecule has 0 atom stereocenters. The molecule has 1 aliphatic rings. The van der Waals surface area contributed by atoms with Crippen LogP contribution in [0.25, 0.3) is 22.3 Å². The largest absolute Gasteiger partial charge is 0.353 e. The number of fused-ring (bicyclic) bond motifs is 1. The molecular weight excluding hydrogens is 320 g/mol. The summed E-state index contributed by atoms with van der Waals surface area (Å²) in [7, 11) is 0. The van der Waals surface area contributed by atoms with Gasteiger partial charge in [-0.25, -0.2) is 0 Å². The van der Waals surface area contributed by atoms with Crippen LogP contribution in [-0.2, 0) is 0 Å². The SMILES string of the molecule is Cc1cc(-c2[nH]c3ccc(C4CCNCC4)nc3c2C(C)C)cc(C)n1. The van der Waals surface area contributed by atoms with Crippen molar-refractivity contribution in [1.82, 2.24) is 20.3 Å². The number of piperidine rings is 1. The van der Waals surface area contributed by atoms with Crippen LogP contribution in [0.5, 0.6) is 0 Å². The molecule has 0 aliphatic carbocycles. The number of nitrogens with one attached hydrogen (secondary N) is 2. The highest BCUT2D eigenvalue weighted by Gasteiger charge is 2.21. The molecule has 3 aromatic rings. The van der Waals surface area contributed by atoms with E-state index in [0.717, 1.165) is 35.5 Å². The Morgan fingerprint density at radius 2 is 1.69 bits per heavy atom. The van der Waals surface area contributed by atoms with Gasteiger partial charge in [0.1, 0.15) is 0 Å². The molecular formula is C22H28N4. The van der Waals surface area contributed by atoms with Crippen LogP contribution >= 0.6 is 0 Å². The molecule has 0 unspecified atom stereocenters. The fraction of sp³-hybridized carbons (Fsp3) is 0.455. The maximum atomic E-state index is 5.14. The monoisotopic (exact) mass is 348 g/mol. The Labute approximate surface area is 155 Å². The van der Waals surface area contributed by atoms with Gasteiger partial charge in [0.05, 0.1) is 16.7 Å². The molecule has 0 spiro atoms. The number of nitrogens with zero attached hydrogens (tertiary/aromatic N) is 2. The van der Waals surface area contributed by atoms with Gasteiger partial charge in [0.25, 0.3) is 0 Å². The molecule has 4 heteroatoms. The van der Waals surface area contributed by atoms with Crippen LogP contribution in [0.2, 0.25) is 0 Å². The number of hydrogen-bond acceptors (Lipinski definition) is 3. The van der Waals surface area contributed by atoms with Crippen LogP contribution in [0.15, 0.2) is 24.3 Å². The molecule has 3 aromatic heterocycles. The lowest BCUT2D eigenvalue weighted by Gasteiger charge is -2.22. The summed E-state index contributed by atoms with van der Waals surface area (Å²) in [6, 6.07) is 8.76. The van der Waals surface area contributed by atoms with Crippen molar-refractivity contribution in [3.63, 3.8) is 0 Å². The second-order valence-corrected chi connectivity index (χ2v) is 7.86. The Morgan fingerprint density at radius 1 is 1.00 bits per heavy atom. The molecule has 0 radical (unpaired) electrons. The number of aryl methyl sites for hydroxylation is 2. The molecule has 1 saturated heterocycles. The topological polar surface area (TPSA) is 53.6 Å². The Balaban J connectivity index is 1.87. The van der Waals surface area contributed by atoms with Gasteiger partial charge in [-0.3, -0.25) is 9.97 Å². The number of aromatic nitrogens is 3. The second kappa shape index (κ2) is 6.84. The maximum Gasteiger partial charge on any atom is 0.0923 e. The zero-order chi connectivity index (χ0) is 18.3. The third-order valence-electron chi connectivity index (χ3n) is 5.41. The van der Waals surface area contributed by atoms with E-state index in [0.29, 0.717) is 11.8 Å². The summed E-state index contributed by atoms with van der Waals surface area (Å²) in [6.45, 7) is 10.8. The van der Waals surface area contributed by atoms with Crippen LogP contribution in [-0.4, -0.2) is 28.0 Å². The third kappa shape index (κ3) is 3.14.